The van der Waals surface area contributed by atoms with E-state index in [0.29, 0.717) is 43.1 Å². The summed E-state index contributed by atoms with van der Waals surface area (Å²) in [5.74, 6) is -1.07. The summed E-state index contributed by atoms with van der Waals surface area (Å²) < 4.78 is 18.8. The zero-order chi connectivity index (χ0) is 21.7. The average molecular weight is 414 g/mol. The Bertz CT molecular complexity index is 894. The normalized spacial score (nSPS) is 18.7. The van der Waals surface area contributed by atoms with Crippen molar-refractivity contribution < 1.29 is 18.7 Å². The van der Waals surface area contributed by atoms with E-state index in [9.17, 15) is 14.0 Å². The van der Waals surface area contributed by atoms with E-state index in [-0.39, 0.29) is 23.9 Å². The van der Waals surface area contributed by atoms with E-state index in [4.69, 9.17) is 10.5 Å². The van der Waals surface area contributed by atoms with Crippen molar-refractivity contribution in [2.75, 3.05) is 36.5 Å². The van der Waals surface area contributed by atoms with E-state index in [0.717, 1.165) is 5.69 Å². The number of hydrogen-bond donors (Lipinski definition) is 3. The highest BCUT2D eigenvalue weighted by Crippen LogP contribution is 2.32. The lowest BCUT2D eigenvalue weighted by molar-refractivity contribution is 0.0757. The minimum atomic E-state index is -0.415. The number of hydrogen-bond acceptors (Lipinski definition) is 5. The maximum absolute atomic E-state index is 13.2. The molecular weight excluding hydrogens is 387 g/mol. The molecule has 0 saturated carbocycles. The second kappa shape index (κ2) is 9.69. The molecule has 8 heteroatoms. The van der Waals surface area contributed by atoms with Gasteiger partial charge < -0.3 is 26.0 Å². The van der Waals surface area contributed by atoms with Gasteiger partial charge >= 0.3 is 0 Å². The number of nitrogens with one attached hydrogen (secondary N) is 2. The Morgan fingerprint density at radius 3 is 2.33 bits per heavy atom. The van der Waals surface area contributed by atoms with Crippen LogP contribution in [-0.4, -0.2) is 50.2 Å². The number of halogens is 1. The highest BCUT2D eigenvalue weighted by molar-refractivity contribution is 6.07. The van der Waals surface area contributed by atoms with Crippen molar-refractivity contribution in [1.82, 2.24) is 5.32 Å². The topological polar surface area (TPSA) is 96.7 Å². The zero-order valence-electron chi connectivity index (χ0n) is 17.2. The van der Waals surface area contributed by atoms with Gasteiger partial charge in [0.2, 0.25) is 0 Å². The molecule has 1 aliphatic heterocycles. The van der Waals surface area contributed by atoms with E-state index < -0.39 is 5.82 Å². The summed E-state index contributed by atoms with van der Waals surface area (Å²) in [6.07, 6.45) is 0. The van der Waals surface area contributed by atoms with Gasteiger partial charge in [0.05, 0.1) is 24.6 Å². The minimum Gasteiger partial charge on any atom is -0.377 e. The number of anilines is 2. The van der Waals surface area contributed by atoms with Crippen LogP contribution in [0.3, 0.4) is 0 Å². The van der Waals surface area contributed by atoms with Gasteiger partial charge in [-0.2, -0.15) is 0 Å². The van der Waals surface area contributed by atoms with Crippen LogP contribution in [0.25, 0.3) is 0 Å². The van der Waals surface area contributed by atoms with Crippen molar-refractivity contribution in [1.29, 1.82) is 0 Å². The van der Waals surface area contributed by atoms with E-state index in [1.165, 1.54) is 24.3 Å². The Balaban J connectivity index is 1.96. The van der Waals surface area contributed by atoms with Crippen molar-refractivity contribution in [2.24, 2.45) is 5.73 Å². The molecule has 0 spiro atoms. The van der Waals surface area contributed by atoms with Crippen LogP contribution in [0.4, 0.5) is 15.8 Å². The van der Waals surface area contributed by atoms with Crippen molar-refractivity contribution >= 4 is 23.2 Å². The molecule has 30 heavy (non-hydrogen) atoms. The Labute approximate surface area is 175 Å². The van der Waals surface area contributed by atoms with Gasteiger partial charge in [-0.3, -0.25) is 9.59 Å². The Hall–Kier alpha value is -2.97. The second-order valence-electron chi connectivity index (χ2n) is 7.38. The standard InChI is InChI=1S/C22H27FN4O3/c1-14-12-30-13-15(2)27(14)20-8-5-17(21(28)25-10-9-24)11-19(20)26-22(29)16-3-6-18(23)7-4-16/h3-8,11,14-15H,9-10,12-13,24H2,1-2H3,(H,25,28)(H,26,29). The van der Waals surface area contributed by atoms with Gasteiger partial charge in [0.25, 0.3) is 11.8 Å². The SMILES string of the molecule is CC1COCC(C)N1c1ccc(C(=O)NCCN)cc1NC(=O)c1ccc(F)cc1. The maximum Gasteiger partial charge on any atom is 0.255 e. The number of rotatable bonds is 6. The molecule has 3 rings (SSSR count). The molecule has 160 valence electrons. The van der Waals surface area contributed by atoms with Gasteiger partial charge in [-0.15, -0.1) is 0 Å². The third-order valence-corrected chi connectivity index (χ3v) is 4.99. The number of ether oxygens (including phenoxy) is 1. The molecule has 0 aliphatic carbocycles. The van der Waals surface area contributed by atoms with Crippen molar-refractivity contribution in [2.45, 2.75) is 25.9 Å². The van der Waals surface area contributed by atoms with Crippen LogP contribution in [-0.2, 0) is 4.74 Å². The minimum absolute atomic E-state index is 0.0899. The van der Waals surface area contributed by atoms with E-state index in [1.807, 2.05) is 19.9 Å². The van der Waals surface area contributed by atoms with Crippen LogP contribution in [0.15, 0.2) is 42.5 Å². The lowest BCUT2D eigenvalue weighted by atomic mass is 10.1. The maximum atomic E-state index is 13.2. The summed E-state index contributed by atoms with van der Waals surface area (Å²) >= 11 is 0. The monoisotopic (exact) mass is 414 g/mol. The Morgan fingerprint density at radius 1 is 1.07 bits per heavy atom. The number of amides is 2. The van der Waals surface area contributed by atoms with Gasteiger partial charge in [0.1, 0.15) is 5.82 Å². The highest BCUT2D eigenvalue weighted by atomic mass is 19.1. The number of morpholine rings is 1. The molecule has 1 aliphatic rings. The molecule has 0 aromatic heterocycles. The summed E-state index contributed by atoms with van der Waals surface area (Å²) in [5.41, 5.74) is 7.50. The lowest BCUT2D eigenvalue weighted by Crippen LogP contribution is -2.50. The van der Waals surface area contributed by atoms with Crippen LogP contribution < -0.4 is 21.3 Å². The Morgan fingerprint density at radius 2 is 1.70 bits per heavy atom. The molecule has 2 atom stereocenters. The van der Waals surface area contributed by atoms with Crippen LogP contribution in [0.2, 0.25) is 0 Å². The van der Waals surface area contributed by atoms with Gasteiger partial charge in [0, 0.05) is 36.3 Å². The summed E-state index contributed by atoms with van der Waals surface area (Å²) in [6, 6.07) is 10.7. The first-order valence-electron chi connectivity index (χ1n) is 9.96. The molecule has 0 radical (unpaired) electrons. The number of carbonyl (C=O) groups excluding carboxylic acids is 2. The molecular formula is C22H27FN4O3. The smallest absolute Gasteiger partial charge is 0.255 e. The van der Waals surface area contributed by atoms with Gasteiger partial charge in [-0.05, 0) is 56.3 Å². The molecule has 1 heterocycles. The largest absolute Gasteiger partial charge is 0.377 e. The average Bonchev–Trinajstić information content (AvgIpc) is 2.73. The molecule has 4 N–H and O–H groups in total. The molecule has 0 bridgehead atoms. The fourth-order valence-corrected chi connectivity index (χ4v) is 3.57. The molecule has 2 unspecified atom stereocenters. The van der Waals surface area contributed by atoms with E-state index in [2.05, 4.69) is 15.5 Å². The fraction of sp³-hybridized carbons (Fsp3) is 0.364. The van der Waals surface area contributed by atoms with Gasteiger partial charge in [-0.25, -0.2) is 4.39 Å². The third-order valence-electron chi connectivity index (χ3n) is 4.99. The van der Waals surface area contributed by atoms with Crippen LogP contribution in [0.5, 0.6) is 0 Å². The first kappa shape index (κ1) is 21.7. The second-order valence-corrected chi connectivity index (χ2v) is 7.38. The summed E-state index contributed by atoms with van der Waals surface area (Å²) in [7, 11) is 0. The van der Waals surface area contributed by atoms with Crippen molar-refractivity contribution in [3.05, 3.63) is 59.4 Å². The van der Waals surface area contributed by atoms with Gasteiger partial charge in [-0.1, -0.05) is 0 Å². The van der Waals surface area contributed by atoms with Crippen molar-refractivity contribution in [3.8, 4) is 0 Å². The molecule has 1 saturated heterocycles. The molecule has 1 fully saturated rings. The van der Waals surface area contributed by atoms with Crippen LogP contribution in [0.1, 0.15) is 34.6 Å². The molecule has 2 aromatic carbocycles. The lowest BCUT2D eigenvalue weighted by Gasteiger charge is -2.41. The van der Waals surface area contributed by atoms with Crippen molar-refractivity contribution in [3.63, 3.8) is 0 Å². The highest BCUT2D eigenvalue weighted by Gasteiger charge is 2.28. The zero-order valence-corrected chi connectivity index (χ0v) is 17.2. The number of nitrogens with two attached hydrogens (primary N) is 1. The Kier molecular flexibility index (Phi) is 7.02. The first-order chi connectivity index (χ1) is 14.4. The molecule has 2 aromatic rings. The summed E-state index contributed by atoms with van der Waals surface area (Å²) in [6.45, 7) is 5.91. The van der Waals surface area contributed by atoms with Crippen LogP contribution >= 0.6 is 0 Å². The van der Waals surface area contributed by atoms with E-state index >= 15 is 0 Å². The fourth-order valence-electron chi connectivity index (χ4n) is 3.57. The summed E-state index contributed by atoms with van der Waals surface area (Å²) in [5, 5.41) is 5.62. The predicted molar refractivity (Wildman–Crippen MR) is 114 cm³/mol. The van der Waals surface area contributed by atoms with Crippen LogP contribution in [0, 0.1) is 5.82 Å². The predicted octanol–water partition coefficient (Wildman–Crippen LogP) is 2.38. The summed E-state index contributed by atoms with van der Waals surface area (Å²) in [4.78, 5) is 27.4. The van der Waals surface area contributed by atoms with E-state index in [1.54, 1.807) is 12.1 Å². The van der Waals surface area contributed by atoms with Gasteiger partial charge in [0.15, 0.2) is 0 Å². The molecule has 7 nitrogen and oxygen atoms in total. The number of carbonyl (C=O) groups is 2. The number of benzene rings is 2. The third kappa shape index (κ3) is 4.95. The molecule has 2 amide bonds. The first-order valence-corrected chi connectivity index (χ1v) is 9.96. The number of nitrogens with zero attached hydrogens (tertiary/aromatic N) is 1. The quantitative estimate of drug-likeness (QED) is 0.674.